The third-order valence-corrected chi connectivity index (χ3v) is 11.7. The Morgan fingerprint density at radius 1 is 1.20 bits per heavy atom. The van der Waals surface area contributed by atoms with Crippen molar-refractivity contribution in [3.05, 3.63) is 55.1 Å². The van der Waals surface area contributed by atoms with Crippen molar-refractivity contribution in [3.63, 3.8) is 0 Å². The molecule has 3 saturated heterocycles. The Balaban J connectivity index is 1.54. The summed E-state index contributed by atoms with van der Waals surface area (Å²) in [5.41, 5.74) is 0.758. The number of hydrogen-bond acceptors (Lipinski definition) is 6. The minimum Gasteiger partial charge on any atom is -0.466 e. The van der Waals surface area contributed by atoms with E-state index >= 15 is 0 Å². The van der Waals surface area contributed by atoms with Gasteiger partial charge in [-0.05, 0) is 49.1 Å². The van der Waals surface area contributed by atoms with Gasteiger partial charge in [-0.15, -0.1) is 18.3 Å². The molecule has 3 heterocycles. The average molecular weight is 630 g/mol. The van der Waals surface area contributed by atoms with Crippen molar-refractivity contribution in [1.29, 1.82) is 0 Å². The molecule has 2 aromatic rings. The number of amides is 2. The lowest BCUT2D eigenvalue weighted by atomic mass is 9.71. The molecule has 3 unspecified atom stereocenters. The fourth-order valence-electron chi connectivity index (χ4n) is 6.85. The van der Waals surface area contributed by atoms with Crippen LogP contribution in [0.5, 0.6) is 0 Å². The van der Waals surface area contributed by atoms with E-state index in [2.05, 4.69) is 22.5 Å². The highest BCUT2D eigenvalue weighted by molar-refractivity contribution is 9.09. The van der Waals surface area contributed by atoms with E-state index in [4.69, 9.17) is 4.74 Å². The maximum absolute atomic E-state index is 14.7. The van der Waals surface area contributed by atoms with Crippen LogP contribution in [0.15, 0.2) is 55.1 Å². The lowest BCUT2D eigenvalue weighted by Gasteiger charge is -2.38. The quantitative estimate of drug-likeness (QED) is 0.155. The Kier molecular flexibility index (Phi) is 8.92. The first-order valence-corrected chi connectivity index (χ1v) is 16.0. The fraction of sp³-hybridized carbons (Fsp3) is 0.516. The molecule has 0 saturated carbocycles. The van der Waals surface area contributed by atoms with Crippen molar-refractivity contribution >= 4 is 61.9 Å². The summed E-state index contributed by atoms with van der Waals surface area (Å²) >= 11 is 5.43. The normalized spacial score (nSPS) is 28.6. The number of aliphatic hydroxyl groups excluding tert-OH is 1. The number of fused-ring (bicyclic) bond motifs is 2. The Labute approximate surface area is 248 Å². The van der Waals surface area contributed by atoms with Gasteiger partial charge in [-0.3, -0.25) is 14.4 Å². The fourth-order valence-corrected chi connectivity index (χ4v) is 10.4. The minimum atomic E-state index is -0.716. The van der Waals surface area contributed by atoms with Crippen molar-refractivity contribution in [2.24, 2.45) is 11.8 Å². The number of hydrogen-bond donors (Lipinski definition) is 1. The number of rotatable bonds is 12. The highest BCUT2D eigenvalue weighted by Crippen LogP contribution is 2.68. The largest absolute Gasteiger partial charge is 0.466 e. The Morgan fingerprint density at radius 3 is 2.67 bits per heavy atom. The maximum atomic E-state index is 14.7. The topological polar surface area (TPSA) is 87.2 Å². The number of unbranched alkanes of at least 4 members (excludes halogenated alkanes) is 3. The summed E-state index contributed by atoms with van der Waals surface area (Å²) in [6, 6.07) is 13.3. The Bertz CT molecular complexity index is 1290. The number of likely N-dealkylation sites (tertiary alicyclic amines) is 1. The first kappa shape index (κ1) is 29.1. The first-order chi connectivity index (χ1) is 19.4. The summed E-state index contributed by atoms with van der Waals surface area (Å²) in [6.45, 7) is 6.83. The van der Waals surface area contributed by atoms with E-state index in [1.165, 1.54) is 0 Å². The molecule has 0 radical (unpaired) electrons. The predicted octanol–water partition coefficient (Wildman–Crippen LogP) is 4.94. The lowest BCUT2D eigenvalue weighted by Crippen LogP contribution is -2.55. The van der Waals surface area contributed by atoms with Crippen LogP contribution in [0.25, 0.3) is 10.8 Å². The summed E-state index contributed by atoms with van der Waals surface area (Å²) < 4.78 is 4.74. The molecule has 6 atom stereocenters. The van der Waals surface area contributed by atoms with Crippen molar-refractivity contribution in [2.75, 3.05) is 31.2 Å². The van der Waals surface area contributed by atoms with E-state index in [-0.39, 0.29) is 41.1 Å². The molecule has 3 aliphatic heterocycles. The lowest BCUT2D eigenvalue weighted by molar-refractivity contribution is -0.153. The number of ether oxygens (including phenoxy) is 1. The molecule has 5 rings (SSSR count). The SMILES string of the molecule is C=CCN(C(=O)C1N(CCCCCCO)C(=O)[C@@H]2[C@H](C(=O)OCC)[C@H]3SC12CC3Br)c1ccc2ccccc2c1. The molecule has 2 bridgehead atoms. The van der Waals surface area contributed by atoms with Crippen LogP contribution < -0.4 is 4.90 Å². The second-order valence-corrected chi connectivity index (χ2v) is 13.6. The van der Waals surface area contributed by atoms with Crippen LogP contribution in [0, 0.1) is 11.8 Å². The van der Waals surface area contributed by atoms with Crippen molar-refractivity contribution in [3.8, 4) is 0 Å². The highest BCUT2D eigenvalue weighted by Gasteiger charge is 2.76. The monoisotopic (exact) mass is 628 g/mol. The van der Waals surface area contributed by atoms with Gasteiger partial charge in [0.2, 0.25) is 5.91 Å². The Hall–Kier alpha value is -2.36. The Morgan fingerprint density at radius 2 is 1.95 bits per heavy atom. The smallest absolute Gasteiger partial charge is 0.310 e. The molecule has 3 fully saturated rings. The molecule has 9 heteroatoms. The number of halogens is 1. The second kappa shape index (κ2) is 12.2. The van der Waals surface area contributed by atoms with Gasteiger partial charge in [0.05, 0.1) is 23.2 Å². The summed E-state index contributed by atoms with van der Waals surface area (Å²) in [6.07, 6.45) is 5.49. The van der Waals surface area contributed by atoms with Gasteiger partial charge >= 0.3 is 5.97 Å². The predicted molar refractivity (Wildman–Crippen MR) is 163 cm³/mol. The molecule has 1 spiro atoms. The van der Waals surface area contributed by atoms with Gasteiger partial charge < -0.3 is 19.6 Å². The van der Waals surface area contributed by atoms with Gasteiger partial charge in [0, 0.05) is 35.5 Å². The summed E-state index contributed by atoms with van der Waals surface area (Å²) in [5.74, 6) is -1.79. The molecule has 1 N–H and O–H groups in total. The van der Waals surface area contributed by atoms with E-state index in [1.807, 2.05) is 42.5 Å². The zero-order valence-corrected chi connectivity index (χ0v) is 25.2. The summed E-state index contributed by atoms with van der Waals surface area (Å²) in [5, 5.41) is 11.2. The molecule has 7 nitrogen and oxygen atoms in total. The minimum absolute atomic E-state index is 0.00397. The number of anilines is 1. The standard InChI is InChI=1S/C31H37BrN2O5S/c1-3-15-33(22-14-13-20-11-7-8-12-21(20)18-22)29(37)27-31-19-23(32)26(40-31)24(30(38)39-4-2)25(31)28(36)34(27)16-9-5-6-10-17-35/h3,7-8,11-14,18,23-27,35H,1,4-6,9-10,15-17,19H2,2H3/t23?,24-,25-,26-,27?,31?/m0/s1. The van der Waals surface area contributed by atoms with Gasteiger partial charge in [-0.2, -0.15) is 0 Å². The van der Waals surface area contributed by atoms with Crippen LogP contribution in [-0.2, 0) is 19.1 Å². The molecule has 214 valence electrons. The molecule has 2 amide bonds. The van der Waals surface area contributed by atoms with Crippen LogP contribution in [0.3, 0.4) is 0 Å². The molecule has 0 aliphatic carbocycles. The number of carbonyl (C=O) groups excluding carboxylic acids is 3. The van der Waals surface area contributed by atoms with Gasteiger partial charge in [-0.1, -0.05) is 65.2 Å². The summed E-state index contributed by atoms with van der Waals surface area (Å²) in [4.78, 5) is 45.6. The molecule has 0 aromatic heterocycles. The highest BCUT2D eigenvalue weighted by atomic mass is 79.9. The van der Waals surface area contributed by atoms with Gasteiger partial charge in [-0.25, -0.2) is 0 Å². The maximum Gasteiger partial charge on any atom is 0.310 e. The number of carbonyl (C=O) groups is 3. The van der Waals surface area contributed by atoms with Crippen LogP contribution >= 0.6 is 27.7 Å². The van der Waals surface area contributed by atoms with Gasteiger partial charge in [0.1, 0.15) is 6.04 Å². The second-order valence-electron chi connectivity index (χ2n) is 10.9. The third-order valence-electron chi connectivity index (χ3n) is 8.51. The van der Waals surface area contributed by atoms with Crippen molar-refractivity contribution < 1.29 is 24.2 Å². The number of aliphatic hydroxyl groups is 1. The summed E-state index contributed by atoms with van der Waals surface area (Å²) in [7, 11) is 0. The zero-order chi connectivity index (χ0) is 28.4. The number of esters is 1. The number of nitrogens with zero attached hydrogens (tertiary/aromatic N) is 2. The van der Waals surface area contributed by atoms with Crippen molar-refractivity contribution in [2.45, 2.75) is 59.9 Å². The van der Waals surface area contributed by atoms with Crippen molar-refractivity contribution in [1.82, 2.24) is 4.90 Å². The first-order valence-electron chi connectivity index (χ1n) is 14.2. The average Bonchev–Trinajstić information content (AvgIpc) is 3.54. The van der Waals surface area contributed by atoms with Crippen LogP contribution in [0.1, 0.15) is 39.0 Å². The van der Waals surface area contributed by atoms with Crippen LogP contribution in [0.2, 0.25) is 0 Å². The van der Waals surface area contributed by atoms with E-state index in [9.17, 15) is 19.5 Å². The molecular formula is C31H37BrN2O5S. The zero-order valence-electron chi connectivity index (χ0n) is 22.8. The van der Waals surface area contributed by atoms with Crippen LogP contribution in [0.4, 0.5) is 5.69 Å². The van der Waals surface area contributed by atoms with E-state index in [0.29, 0.717) is 25.9 Å². The van der Waals surface area contributed by atoms with E-state index in [1.54, 1.807) is 34.6 Å². The van der Waals surface area contributed by atoms with E-state index < -0.39 is 22.6 Å². The third kappa shape index (κ3) is 4.98. The molecule has 2 aromatic carbocycles. The molecule has 40 heavy (non-hydrogen) atoms. The van der Waals surface area contributed by atoms with Gasteiger partial charge in [0.25, 0.3) is 5.91 Å². The molecular weight excluding hydrogens is 592 g/mol. The number of thioether (sulfide) groups is 1. The van der Waals surface area contributed by atoms with E-state index in [0.717, 1.165) is 35.7 Å². The van der Waals surface area contributed by atoms with Crippen LogP contribution in [-0.4, -0.2) is 75.0 Å². The number of alkyl halides is 1. The number of benzene rings is 2. The molecule has 3 aliphatic rings. The van der Waals surface area contributed by atoms with Gasteiger partial charge in [0.15, 0.2) is 0 Å².